The van der Waals surface area contributed by atoms with Gasteiger partial charge in [-0.3, -0.25) is 14.4 Å². The largest absolute Gasteiger partial charge is 0.381 e. The Hall–Kier alpha value is -5.17. The molecule has 2 aromatic heterocycles. The van der Waals surface area contributed by atoms with E-state index in [2.05, 4.69) is 15.5 Å². The molecule has 13 heteroatoms. The molecule has 0 radical (unpaired) electrons. The van der Waals surface area contributed by atoms with E-state index in [1.807, 2.05) is 13.0 Å². The summed E-state index contributed by atoms with van der Waals surface area (Å²) in [5.41, 5.74) is 3.62. The van der Waals surface area contributed by atoms with Gasteiger partial charge >= 0.3 is 0 Å². The molecule has 5 heterocycles. The minimum atomic E-state index is -0.858. The summed E-state index contributed by atoms with van der Waals surface area (Å²) in [6.07, 6.45) is 2.18. The lowest BCUT2D eigenvalue weighted by molar-refractivity contribution is -0.000519. The number of hydrogen-bond acceptors (Lipinski definition) is 7. The average molecular weight is 754 g/mol. The predicted octanol–water partition coefficient (Wildman–Crippen LogP) is 8.37. The number of benzene rings is 3. The lowest BCUT2D eigenvalue weighted by Crippen LogP contribution is -2.59. The Kier molecular flexibility index (Phi) is 9.21. The van der Waals surface area contributed by atoms with Gasteiger partial charge in [0.1, 0.15) is 16.6 Å². The number of nitrogens with zero attached hydrogens (tertiary/aromatic N) is 3. The molecule has 5 aromatic rings. The normalized spacial score (nSPS) is 15.9. The van der Waals surface area contributed by atoms with Gasteiger partial charge < -0.3 is 25.2 Å². The van der Waals surface area contributed by atoms with Crippen LogP contribution in [0.1, 0.15) is 55.2 Å². The number of aryl methyl sites for hydroxylation is 1. The molecule has 270 valence electrons. The molecule has 1 spiro atoms. The van der Waals surface area contributed by atoms with Gasteiger partial charge in [0.25, 0.3) is 17.7 Å². The zero-order valence-electron chi connectivity index (χ0n) is 28.7. The first kappa shape index (κ1) is 34.9. The third-order valence-electron chi connectivity index (χ3n) is 10.2. The van der Waals surface area contributed by atoms with Crippen molar-refractivity contribution < 1.29 is 27.9 Å². The van der Waals surface area contributed by atoms with Gasteiger partial charge in [-0.25, -0.2) is 13.8 Å². The quantitative estimate of drug-likeness (QED) is 0.181. The van der Waals surface area contributed by atoms with Gasteiger partial charge in [0, 0.05) is 71.2 Å². The van der Waals surface area contributed by atoms with Gasteiger partial charge in [0.2, 0.25) is 0 Å². The second kappa shape index (κ2) is 14.0. The number of carbonyl (C=O) groups excluding carboxylic acids is 3. The summed E-state index contributed by atoms with van der Waals surface area (Å²) in [6, 6.07) is 21.4. The van der Waals surface area contributed by atoms with E-state index in [-0.39, 0.29) is 45.8 Å². The predicted molar refractivity (Wildman–Crippen MR) is 203 cm³/mol. The molecule has 0 aliphatic carbocycles. The zero-order chi connectivity index (χ0) is 36.9. The minimum absolute atomic E-state index is 0.0619. The van der Waals surface area contributed by atoms with E-state index in [9.17, 15) is 18.8 Å². The summed E-state index contributed by atoms with van der Waals surface area (Å²) in [4.78, 5) is 49.5. The van der Waals surface area contributed by atoms with E-state index in [0.717, 1.165) is 62.2 Å². The number of aromatic nitrogens is 1. The number of halogens is 3. The number of ether oxygens (including phenoxy) is 1. The second-order valence-electron chi connectivity index (χ2n) is 13.7. The maximum Gasteiger partial charge on any atom is 0.260 e. The van der Waals surface area contributed by atoms with Gasteiger partial charge in [-0.05, 0) is 80.8 Å². The monoisotopic (exact) mass is 753 g/mol. The highest BCUT2D eigenvalue weighted by Gasteiger charge is 2.45. The van der Waals surface area contributed by atoms with Crippen LogP contribution in [0.15, 0.2) is 78.9 Å². The first-order chi connectivity index (χ1) is 25.6. The summed E-state index contributed by atoms with van der Waals surface area (Å²) in [5.74, 6) is -2.23. The molecular formula is C40H34ClF2N5O4S. The highest BCUT2D eigenvalue weighted by Crippen LogP contribution is 2.46. The number of amides is 3. The van der Waals surface area contributed by atoms with Crippen molar-refractivity contribution in [3.05, 3.63) is 123 Å². The molecule has 0 atom stereocenters. The van der Waals surface area contributed by atoms with Gasteiger partial charge in [0.15, 0.2) is 5.82 Å². The molecular weight excluding hydrogens is 720 g/mol. The number of thiophene rings is 1. The van der Waals surface area contributed by atoms with E-state index >= 15 is 4.39 Å². The molecule has 3 aliphatic rings. The molecule has 2 saturated heterocycles. The molecule has 3 amide bonds. The highest BCUT2D eigenvalue weighted by molar-refractivity contribution is 7.19. The number of fused-ring (bicyclic) bond motifs is 3. The Balaban J connectivity index is 0.986. The summed E-state index contributed by atoms with van der Waals surface area (Å²) >= 11 is 7.09. The average Bonchev–Trinajstić information content (AvgIpc) is 3.34. The van der Waals surface area contributed by atoms with Crippen LogP contribution in [0, 0.1) is 24.0 Å². The number of para-hydroxylation sites is 1. The summed E-state index contributed by atoms with van der Waals surface area (Å²) in [7, 11) is 0. The highest BCUT2D eigenvalue weighted by atomic mass is 35.5. The lowest BCUT2D eigenvalue weighted by Gasteiger charge is -2.53. The van der Waals surface area contributed by atoms with Crippen LogP contribution in [0.5, 0.6) is 0 Å². The smallest absolute Gasteiger partial charge is 0.260 e. The molecule has 2 N–H and O–H groups in total. The fourth-order valence-electron chi connectivity index (χ4n) is 7.35. The summed E-state index contributed by atoms with van der Waals surface area (Å²) in [5, 5.41) is 5.31. The van der Waals surface area contributed by atoms with Crippen LogP contribution in [0.25, 0.3) is 10.4 Å². The zero-order valence-corrected chi connectivity index (χ0v) is 30.3. The van der Waals surface area contributed by atoms with E-state index in [1.54, 1.807) is 59.5 Å². The van der Waals surface area contributed by atoms with Gasteiger partial charge in [-0.1, -0.05) is 35.9 Å². The van der Waals surface area contributed by atoms with Crippen LogP contribution in [0.2, 0.25) is 5.02 Å². The van der Waals surface area contributed by atoms with Crippen molar-refractivity contribution in [1.82, 2.24) is 4.98 Å². The lowest BCUT2D eigenvalue weighted by atomic mass is 9.73. The van der Waals surface area contributed by atoms with Crippen LogP contribution >= 0.6 is 22.9 Å². The molecule has 3 aliphatic heterocycles. The molecule has 2 fully saturated rings. The van der Waals surface area contributed by atoms with Gasteiger partial charge in [-0.2, -0.15) is 0 Å². The Morgan fingerprint density at radius 1 is 0.906 bits per heavy atom. The van der Waals surface area contributed by atoms with Crippen molar-refractivity contribution in [2.75, 3.05) is 53.3 Å². The number of nitrogens with one attached hydrogen (secondary N) is 2. The number of anilines is 4. The fraction of sp³-hybridized carbons (Fsp3) is 0.250. The number of pyridine rings is 1. The standard InChI is InChI=1S/C40H34ClF2N5O4S/c1-23-9-14-28(35(44-23)47-21-40(22-47)16-19-52-20-17-40)36(49)45-25-12-10-24(11-13-25)39(51)48-18-15-27-33(43)38(53-34(27)26-5-2-3-8-31(26)48)46-37(50)32-29(41)6-4-7-30(32)42/h2-14H,15-22H2,1H3,(H,45,49)(H,46,50). The summed E-state index contributed by atoms with van der Waals surface area (Å²) in [6.45, 7) is 5.27. The second-order valence-corrected chi connectivity index (χ2v) is 15.1. The van der Waals surface area contributed by atoms with Crippen LogP contribution in [-0.4, -0.2) is 55.6 Å². The van der Waals surface area contributed by atoms with Gasteiger partial charge in [0.05, 0.1) is 21.8 Å². The molecule has 53 heavy (non-hydrogen) atoms. The third kappa shape index (κ3) is 6.55. The van der Waals surface area contributed by atoms with Crippen molar-refractivity contribution in [3.63, 3.8) is 0 Å². The van der Waals surface area contributed by atoms with E-state index < -0.39 is 17.5 Å². The van der Waals surface area contributed by atoms with Crippen molar-refractivity contribution in [1.29, 1.82) is 0 Å². The van der Waals surface area contributed by atoms with Gasteiger partial charge in [-0.15, -0.1) is 11.3 Å². The Labute approximate surface area is 313 Å². The molecule has 9 nitrogen and oxygen atoms in total. The van der Waals surface area contributed by atoms with Crippen molar-refractivity contribution in [2.24, 2.45) is 5.41 Å². The maximum absolute atomic E-state index is 15.9. The molecule has 0 bridgehead atoms. The van der Waals surface area contributed by atoms with Crippen molar-refractivity contribution in [3.8, 4) is 10.4 Å². The fourth-order valence-corrected chi connectivity index (χ4v) is 8.76. The van der Waals surface area contributed by atoms with E-state index in [0.29, 0.717) is 44.3 Å². The number of rotatable bonds is 6. The maximum atomic E-state index is 15.9. The first-order valence-corrected chi connectivity index (χ1v) is 18.5. The van der Waals surface area contributed by atoms with Crippen LogP contribution in [0.4, 0.5) is 31.0 Å². The molecule has 8 rings (SSSR count). The molecule has 0 unspecified atom stereocenters. The topological polar surface area (TPSA) is 104 Å². The Bertz CT molecular complexity index is 2250. The van der Waals surface area contributed by atoms with Crippen LogP contribution in [-0.2, 0) is 11.2 Å². The van der Waals surface area contributed by atoms with Crippen LogP contribution < -0.4 is 20.4 Å². The number of carbonyl (C=O) groups is 3. The van der Waals surface area contributed by atoms with E-state index in [4.69, 9.17) is 21.3 Å². The summed E-state index contributed by atoms with van der Waals surface area (Å²) < 4.78 is 35.9. The first-order valence-electron chi connectivity index (χ1n) is 17.3. The molecule has 3 aromatic carbocycles. The van der Waals surface area contributed by atoms with Crippen molar-refractivity contribution in [2.45, 2.75) is 26.2 Å². The van der Waals surface area contributed by atoms with E-state index in [1.165, 1.54) is 12.1 Å². The SMILES string of the molecule is Cc1ccc(C(=O)Nc2ccc(C(=O)N3CCc4c(sc(NC(=O)c5c(F)cccc5Cl)c4F)-c4ccccc43)cc2)c(N2CC3(CCOCC3)C2)n1. The Morgan fingerprint density at radius 3 is 2.42 bits per heavy atom. The van der Waals surface area contributed by atoms with Crippen molar-refractivity contribution >= 4 is 62.9 Å². The molecule has 0 saturated carbocycles. The third-order valence-corrected chi connectivity index (χ3v) is 11.7. The van der Waals surface area contributed by atoms with Crippen LogP contribution in [0.3, 0.4) is 0 Å². The Morgan fingerprint density at radius 2 is 1.66 bits per heavy atom. The number of hydrogen-bond donors (Lipinski definition) is 2. The minimum Gasteiger partial charge on any atom is -0.381 e.